The molecule has 0 aromatic heterocycles. The van der Waals surface area contributed by atoms with Crippen LogP contribution in [0.25, 0.3) is 0 Å². The lowest BCUT2D eigenvalue weighted by Gasteiger charge is -2.35. The number of rotatable bonds is 4. The summed E-state index contributed by atoms with van der Waals surface area (Å²) in [5.74, 6) is -0.134. The largest absolute Gasteiger partial charge is 0.383 e. The third kappa shape index (κ3) is 4.67. The van der Waals surface area contributed by atoms with Gasteiger partial charge in [0, 0.05) is 39.0 Å². The number of nitrogens with one attached hydrogen (secondary N) is 1. The van der Waals surface area contributed by atoms with Crippen LogP contribution in [0.4, 0.5) is 10.5 Å². The fourth-order valence-corrected chi connectivity index (χ4v) is 2.54. The van der Waals surface area contributed by atoms with Crippen molar-refractivity contribution in [1.82, 2.24) is 9.80 Å². The number of urea groups is 1. The SMILES string of the molecule is COCC(N)C(=O)N1CCN(C(=O)Nc2cccc(C)c2)CC1. The van der Waals surface area contributed by atoms with Crippen LogP contribution in [0.1, 0.15) is 5.56 Å². The first-order valence-corrected chi connectivity index (χ1v) is 7.67. The van der Waals surface area contributed by atoms with E-state index in [4.69, 9.17) is 10.5 Å². The van der Waals surface area contributed by atoms with Gasteiger partial charge in [-0.25, -0.2) is 4.79 Å². The van der Waals surface area contributed by atoms with E-state index in [1.54, 1.807) is 9.80 Å². The Bertz CT molecular complexity index is 556. The molecule has 1 aliphatic heterocycles. The normalized spacial score (nSPS) is 16.1. The van der Waals surface area contributed by atoms with Gasteiger partial charge >= 0.3 is 6.03 Å². The topological polar surface area (TPSA) is 87.9 Å². The minimum atomic E-state index is -0.646. The Morgan fingerprint density at radius 1 is 1.26 bits per heavy atom. The lowest BCUT2D eigenvalue weighted by molar-refractivity contribution is -0.135. The van der Waals surface area contributed by atoms with Crippen LogP contribution in [0.15, 0.2) is 24.3 Å². The highest BCUT2D eigenvalue weighted by Crippen LogP contribution is 2.12. The zero-order valence-corrected chi connectivity index (χ0v) is 13.6. The molecule has 3 N–H and O–H groups in total. The van der Waals surface area contributed by atoms with Crippen LogP contribution in [0.3, 0.4) is 0 Å². The Morgan fingerprint density at radius 2 is 1.91 bits per heavy atom. The quantitative estimate of drug-likeness (QED) is 0.852. The second-order valence-corrected chi connectivity index (χ2v) is 5.67. The number of nitrogens with zero attached hydrogens (tertiary/aromatic N) is 2. The average Bonchev–Trinajstić information content (AvgIpc) is 2.54. The number of hydrogen-bond donors (Lipinski definition) is 2. The highest BCUT2D eigenvalue weighted by atomic mass is 16.5. The molecule has 1 aromatic rings. The van der Waals surface area contributed by atoms with Gasteiger partial charge in [-0.1, -0.05) is 12.1 Å². The minimum absolute atomic E-state index is 0.134. The highest BCUT2D eigenvalue weighted by Gasteiger charge is 2.27. The van der Waals surface area contributed by atoms with Gasteiger partial charge in [-0.3, -0.25) is 4.79 Å². The first kappa shape index (κ1) is 17.2. The molecule has 0 spiro atoms. The lowest BCUT2D eigenvalue weighted by atomic mass is 10.2. The van der Waals surface area contributed by atoms with Crippen LogP contribution in [0.5, 0.6) is 0 Å². The maximum absolute atomic E-state index is 12.3. The molecule has 1 fully saturated rings. The van der Waals surface area contributed by atoms with Gasteiger partial charge in [0.2, 0.25) is 5.91 Å². The first-order valence-electron chi connectivity index (χ1n) is 7.67. The van der Waals surface area contributed by atoms with E-state index in [-0.39, 0.29) is 18.5 Å². The third-order valence-corrected chi connectivity index (χ3v) is 3.81. The van der Waals surface area contributed by atoms with E-state index in [0.717, 1.165) is 11.3 Å². The monoisotopic (exact) mass is 320 g/mol. The van der Waals surface area contributed by atoms with Gasteiger partial charge in [0.25, 0.3) is 0 Å². The van der Waals surface area contributed by atoms with E-state index >= 15 is 0 Å². The number of carbonyl (C=O) groups is 2. The molecule has 1 unspecified atom stereocenters. The number of ether oxygens (including phenoxy) is 1. The van der Waals surface area contributed by atoms with Crippen molar-refractivity contribution in [2.24, 2.45) is 5.73 Å². The van der Waals surface area contributed by atoms with E-state index in [2.05, 4.69) is 5.32 Å². The fraction of sp³-hybridized carbons (Fsp3) is 0.500. The molecule has 7 nitrogen and oxygen atoms in total. The summed E-state index contributed by atoms with van der Waals surface area (Å²) in [5, 5.41) is 2.88. The van der Waals surface area contributed by atoms with Crippen molar-refractivity contribution in [3.05, 3.63) is 29.8 Å². The number of carbonyl (C=O) groups excluding carboxylic acids is 2. The molecule has 126 valence electrons. The number of piperazine rings is 1. The molecule has 23 heavy (non-hydrogen) atoms. The number of hydrogen-bond acceptors (Lipinski definition) is 4. The predicted molar refractivity (Wildman–Crippen MR) is 88.2 cm³/mol. The minimum Gasteiger partial charge on any atom is -0.383 e. The summed E-state index contributed by atoms with van der Waals surface area (Å²) in [5.41, 5.74) is 7.62. The van der Waals surface area contributed by atoms with Gasteiger partial charge in [-0.2, -0.15) is 0 Å². The van der Waals surface area contributed by atoms with E-state index in [0.29, 0.717) is 26.2 Å². The summed E-state index contributed by atoms with van der Waals surface area (Å²) in [7, 11) is 1.51. The molecule has 0 aliphatic carbocycles. The second-order valence-electron chi connectivity index (χ2n) is 5.67. The maximum atomic E-state index is 12.3. The van der Waals surface area contributed by atoms with E-state index in [9.17, 15) is 9.59 Å². The second kappa shape index (κ2) is 7.94. The zero-order chi connectivity index (χ0) is 16.8. The Hall–Kier alpha value is -2.12. The van der Waals surface area contributed by atoms with Crippen LogP contribution in [0, 0.1) is 6.92 Å². The van der Waals surface area contributed by atoms with Gasteiger partial charge in [0.15, 0.2) is 0 Å². The molecule has 0 bridgehead atoms. The molecule has 7 heteroatoms. The van der Waals surface area contributed by atoms with Crippen molar-refractivity contribution >= 4 is 17.6 Å². The van der Waals surface area contributed by atoms with Crippen molar-refractivity contribution < 1.29 is 14.3 Å². The Balaban J connectivity index is 1.84. The summed E-state index contributed by atoms with van der Waals surface area (Å²) in [6.07, 6.45) is 0. The average molecular weight is 320 g/mol. The Labute approximate surface area is 136 Å². The maximum Gasteiger partial charge on any atom is 0.321 e. The highest BCUT2D eigenvalue weighted by molar-refractivity contribution is 5.89. The summed E-state index contributed by atoms with van der Waals surface area (Å²) in [4.78, 5) is 27.7. The standard InChI is InChI=1S/C16H24N4O3/c1-12-4-3-5-13(10-12)18-16(22)20-8-6-19(7-9-20)15(21)14(17)11-23-2/h3-5,10,14H,6-9,11,17H2,1-2H3,(H,18,22). The predicted octanol–water partition coefficient (Wildman–Crippen LogP) is 0.645. The van der Waals surface area contributed by atoms with Crippen LogP contribution >= 0.6 is 0 Å². The number of nitrogens with two attached hydrogens (primary N) is 1. The first-order chi connectivity index (χ1) is 11.0. The van der Waals surface area contributed by atoms with E-state index in [1.807, 2.05) is 31.2 Å². The molecule has 1 heterocycles. The lowest BCUT2D eigenvalue weighted by Crippen LogP contribution is -2.55. The molecule has 3 amide bonds. The molecule has 2 rings (SSSR count). The summed E-state index contributed by atoms with van der Waals surface area (Å²) < 4.78 is 4.90. The Kier molecular flexibility index (Phi) is 5.95. The Morgan fingerprint density at radius 3 is 2.52 bits per heavy atom. The summed E-state index contributed by atoms with van der Waals surface area (Å²) in [6.45, 7) is 4.12. The van der Waals surface area contributed by atoms with Crippen molar-refractivity contribution in [3.8, 4) is 0 Å². The van der Waals surface area contributed by atoms with E-state index in [1.165, 1.54) is 7.11 Å². The third-order valence-electron chi connectivity index (χ3n) is 3.81. The van der Waals surface area contributed by atoms with Gasteiger partial charge < -0.3 is 25.6 Å². The number of aryl methyl sites for hydroxylation is 1. The molecule has 1 aromatic carbocycles. The van der Waals surface area contributed by atoms with Crippen molar-refractivity contribution in [3.63, 3.8) is 0 Å². The number of benzene rings is 1. The molecular formula is C16H24N4O3. The molecule has 0 saturated carbocycles. The molecule has 1 saturated heterocycles. The van der Waals surface area contributed by atoms with Crippen molar-refractivity contribution in [1.29, 1.82) is 0 Å². The summed E-state index contributed by atoms with van der Waals surface area (Å²) >= 11 is 0. The van der Waals surface area contributed by atoms with Gasteiger partial charge in [0.05, 0.1) is 6.61 Å². The van der Waals surface area contributed by atoms with Crippen molar-refractivity contribution in [2.75, 3.05) is 45.2 Å². The zero-order valence-electron chi connectivity index (χ0n) is 13.6. The van der Waals surface area contributed by atoms with Gasteiger partial charge in [-0.15, -0.1) is 0 Å². The van der Waals surface area contributed by atoms with Gasteiger partial charge in [-0.05, 0) is 24.6 Å². The number of anilines is 1. The fourth-order valence-electron chi connectivity index (χ4n) is 2.54. The number of methoxy groups -OCH3 is 1. The molecule has 1 aliphatic rings. The molecule has 1 atom stereocenters. The van der Waals surface area contributed by atoms with Crippen LogP contribution < -0.4 is 11.1 Å². The van der Waals surface area contributed by atoms with Crippen LogP contribution in [-0.2, 0) is 9.53 Å². The van der Waals surface area contributed by atoms with Crippen LogP contribution in [0.2, 0.25) is 0 Å². The molecule has 0 radical (unpaired) electrons. The number of amides is 3. The van der Waals surface area contributed by atoms with Crippen LogP contribution in [-0.4, -0.2) is 67.7 Å². The van der Waals surface area contributed by atoms with Gasteiger partial charge in [0.1, 0.15) is 6.04 Å². The molecular weight excluding hydrogens is 296 g/mol. The van der Waals surface area contributed by atoms with Crippen molar-refractivity contribution in [2.45, 2.75) is 13.0 Å². The van der Waals surface area contributed by atoms with E-state index < -0.39 is 6.04 Å². The smallest absolute Gasteiger partial charge is 0.321 e. The summed E-state index contributed by atoms with van der Waals surface area (Å²) in [6, 6.07) is 6.86.